The maximum absolute atomic E-state index is 13.0. The predicted octanol–water partition coefficient (Wildman–Crippen LogP) is 3.61. The molecular formula is C23H31N5O2. The van der Waals surface area contributed by atoms with Gasteiger partial charge in [-0.3, -0.25) is 0 Å². The molecule has 2 atom stereocenters. The van der Waals surface area contributed by atoms with Crippen molar-refractivity contribution in [1.29, 1.82) is 0 Å². The molecule has 0 bridgehead atoms. The molecule has 30 heavy (non-hydrogen) atoms. The molecule has 1 aromatic heterocycles. The van der Waals surface area contributed by atoms with Gasteiger partial charge in [0.2, 0.25) is 0 Å². The molecule has 0 aliphatic carbocycles. The maximum atomic E-state index is 13.0. The standard InChI is InChI=1S/C23H31N5O2/c1-14-6-7-19(10-15(14)2)26-23(29)27-9-8-21-20(13-27)22(25-18(5)24-21)28-11-16(3)30-17(4)12-28/h6-7,10,16-17H,8-9,11-13H2,1-5H3,(H,26,29). The number of hydrogen-bond acceptors (Lipinski definition) is 5. The second-order valence-corrected chi connectivity index (χ2v) is 8.58. The minimum Gasteiger partial charge on any atom is -0.372 e. The van der Waals surface area contributed by atoms with E-state index < -0.39 is 0 Å². The van der Waals surface area contributed by atoms with Crippen molar-refractivity contribution in [3.63, 3.8) is 0 Å². The van der Waals surface area contributed by atoms with Crippen LogP contribution in [0.3, 0.4) is 0 Å². The molecule has 2 aliphatic rings. The van der Waals surface area contributed by atoms with Gasteiger partial charge < -0.3 is 19.9 Å². The first-order valence-corrected chi connectivity index (χ1v) is 10.7. The molecule has 4 rings (SSSR count). The second kappa shape index (κ2) is 8.22. The number of carbonyl (C=O) groups is 1. The Balaban J connectivity index is 1.56. The Morgan fingerprint density at radius 1 is 1.10 bits per heavy atom. The molecule has 0 saturated carbocycles. The van der Waals surface area contributed by atoms with E-state index in [4.69, 9.17) is 9.72 Å². The molecule has 1 aromatic carbocycles. The fourth-order valence-electron chi connectivity index (χ4n) is 4.32. The van der Waals surface area contributed by atoms with Crippen LogP contribution in [0.25, 0.3) is 0 Å². The van der Waals surface area contributed by atoms with Crippen LogP contribution in [0.15, 0.2) is 18.2 Å². The summed E-state index contributed by atoms with van der Waals surface area (Å²) in [6.45, 7) is 13.0. The van der Waals surface area contributed by atoms with E-state index in [9.17, 15) is 4.79 Å². The summed E-state index contributed by atoms with van der Waals surface area (Å²) >= 11 is 0. The summed E-state index contributed by atoms with van der Waals surface area (Å²) in [4.78, 5) is 26.6. The highest BCUT2D eigenvalue weighted by atomic mass is 16.5. The SMILES string of the molecule is Cc1nc2c(c(N3CC(C)OC(C)C3)n1)CN(C(=O)Nc1ccc(C)c(C)c1)CC2. The maximum Gasteiger partial charge on any atom is 0.322 e. The molecule has 2 aliphatic heterocycles. The number of aromatic nitrogens is 2. The summed E-state index contributed by atoms with van der Waals surface area (Å²) in [6.07, 6.45) is 1.03. The summed E-state index contributed by atoms with van der Waals surface area (Å²) in [5, 5.41) is 3.05. The van der Waals surface area contributed by atoms with E-state index in [2.05, 4.69) is 42.9 Å². The van der Waals surface area contributed by atoms with Crippen LogP contribution in [0.2, 0.25) is 0 Å². The van der Waals surface area contributed by atoms with Crippen molar-refractivity contribution in [1.82, 2.24) is 14.9 Å². The molecule has 1 N–H and O–H groups in total. The Labute approximate surface area is 178 Å². The van der Waals surface area contributed by atoms with Crippen LogP contribution in [-0.2, 0) is 17.7 Å². The van der Waals surface area contributed by atoms with Crippen molar-refractivity contribution in [2.24, 2.45) is 0 Å². The largest absolute Gasteiger partial charge is 0.372 e. The van der Waals surface area contributed by atoms with Gasteiger partial charge in [0.25, 0.3) is 0 Å². The molecular weight excluding hydrogens is 378 g/mol. The lowest BCUT2D eigenvalue weighted by Crippen LogP contribution is -2.47. The summed E-state index contributed by atoms with van der Waals surface area (Å²) < 4.78 is 5.90. The number of fused-ring (bicyclic) bond motifs is 1. The van der Waals surface area contributed by atoms with E-state index in [0.29, 0.717) is 13.1 Å². The molecule has 2 aromatic rings. The fraction of sp³-hybridized carbons (Fsp3) is 0.522. The first kappa shape index (κ1) is 20.6. The molecule has 2 unspecified atom stereocenters. The van der Waals surface area contributed by atoms with Gasteiger partial charge >= 0.3 is 6.03 Å². The smallest absolute Gasteiger partial charge is 0.322 e. The third-order valence-corrected chi connectivity index (χ3v) is 5.91. The van der Waals surface area contributed by atoms with Crippen LogP contribution in [0.4, 0.5) is 16.3 Å². The van der Waals surface area contributed by atoms with E-state index in [-0.39, 0.29) is 18.2 Å². The van der Waals surface area contributed by atoms with Crippen LogP contribution in [-0.4, -0.2) is 52.7 Å². The van der Waals surface area contributed by atoms with Crippen molar-refractivity contribution in [3.05, 3.63) is 46.4 Å². The molecule has 7 nitrogen and oxygen atoms in total. The van der Waals surface area contributed by atoms with Gasteiger partial charge in [0, 0.05) is 37.3 Å². The highest BCUT2D eigenvalue weighted by Crippen LogP contribution is 2.29. The Morgan fingerprint density at radius 2 is 1.83 bits per heavy atom. The van der Waals surface area contributed by atoms with Gasteiger partial charge in [0.1, 0.15) is 11.6 Å². The highest BCUT2D eigenvalue weighted by molar-refractivity contribution is 5.89. The average Bonchev–Trinajstić information content (AvgIpc) is 2.69. The van der Waals surface area contributed by atoms with Gasteiger partial charge in [-0.1, -0.05) is 6.07 Å². The molecule has 3 heterocycles. The normalized spacial score (nSPS) is 21.4. The Kier molecular flexibility index (Phi) is 5.64. The first-order chi connectivity index (χ1) is 14.3. The third kappa shape index (κ3) is 4.26. The highest BCUT2D eigenvalue weighted by Gasteiger charge is 2.30. The molecule has 160 valence electrons. The van der Waals surface area contributed by atoms with Crippen LogP contribution >= 0.6 is 0 Å². The zero-order valence-corrected chi connectivity index (χ0v) is 18.5. The molecule has 1 fully saturated rings. The van der Waals surface area contributed by atoms with Crippen molar-refractivity contribution >= 4 is 17.5 Å². The number of nitrogens with zero attached hydrogens (tertiary/aromatic N) is 4. The number of nitrogens with one attached hydrogen (secondary N) is 1. The number of anilines is 2. The summed E-state index contributed by atoms with van der Waals surface area (Å²) in [6, 6.07) is 5.91. The van der Waals surface area contributed by atoms with E-state index in [1.54, 1.807) is 0 Å². The molecule has 0 radical (unpaired) electrons. The van der Waals surface area contributed by atoms with Crippen LogP contribution in [0.1, 0.15) is 42.1 Å². The van der Waals surface area contributed by atoms with Crippen LogP contribution < -0.4 is 10.2 Å². The van der Waals surface area contributed by atoms with Crippen molar-refractivity contribution in [2.75, 3.05) is 29.9 Å². The first-order valence-electron chi connectivity index (χ1n) is 10.7. The number of ether oxygens (including phenoxy) is 1. The lowest BCUT2D eigenvalue weighted by atomic mass is 10.0. The van der Waals surface area contributed by atoms with Gasteiger partial charge in [-0.2, -0.15) is 0 Å². The predicted molar refractivity (Wildman–Crippen MR) is 118 cm³/mol. The topological polar surface area (TPSA) is 70.6 Å². The van der Waals surface area contributed by atoms with Gasteiger partial charge in [0.05, 0.1) is 24.4 Å². The number of amides is 2. The van der Waals surface area contributed by atoms with Gasteiger partial charge in [-0.25, -0.2) is 14.8 Å². The monoisotopic (exact) mass is 409 g/mol. The molecule has 7 heteroatoms. The minimum atomic E-state index is -0.0841. The summed E-state index contributed by atoms with van der Waals surface area (Å²) in [5.41, 5.74) is 5.32. The minimum absolute atomic E-state index is 0.0841. The van der Waals surface area contributed by atoms with E-state index in [1.807, 2.05) is 30.0 Å². The molecule has 1 saturated heterocycles. The van der Waals surface area contributed by atoms with Crippen molar-refractivity contribution in [2.45, 2.75) is 59.8 Å². The van der Waals surface area contributed by atoms with Gasteiger partial charge in [-0.05, 0) is 57.9 Å². The number of urea groups is 1. The number of rotatable bonds is 2. The number of benzene rings is 1. The average molecular weight is 410 g/mol. The second-order valence-electron chi connectivity index (χ2n) is 8.58. The van der Waals surface area contributed by atoms with Gasteiger partial charge in [-0.15, -0.1) is 0 Å². The zero-order valence-electron chi connectivity index (χ0n) is 18.5. The lowest BCUT2D eigenvalue weighted by Gasteiger charge is -2.38. The number of carbonyl (C=O) groups excluding carboxylic acids is 1. The van der Waals surface area contributed by atoms with Crippen LogP contribution in [0, 0.1) is 20.8 Å². The van der Waals surface area contributed by atoms with Crippen molar-refractivity contribution in [3.8, 4) is 0 Å². The fourth-order valence-corrected chi connectivity index (χ4v) is 4.32. The van der Waals surface area contributed by atoms with E-state index >= 15 is 0 Å². The summed E-state index contributed by atoms with van der Waals surface area (Å²) in [5.74, 6) is 1.73. The van der Waals surface area contributed by atoms with Crippen molar-refractivity contribution < 1.29 is 9.53 Å². The number of morpholine rings is 1. The third-order valence-electron chi connectivity index (χ3n) is 5.91. The molecule has 2 amide bonds. The summed E-state index contributed by atoms with van der Waals surface area (Å²) in [7, 11) is 0. The van der Waals surface area contributed by atoms with E-state index in [0.717, 1.165) is 48.1 Å². The molecule has 0 spiro atoms. The Hall–Kier alpha value is -2.67. The van der Waals surface area contributed by atoms with Crippen LogP contribution in [0.5, 0.6) is 0 Å². The number of hydrogen-bond donors (Lipinski definition) is 1. The Bertz CT molecular complexity index is 951. The number of aryl methyl sites for hydroxylation is 3. The quantitative estimate of drug-likeness (QED) is 0.821. The zero-order chi connectivity index (χ0) is 21.4. The Morgan fingerprint density at radius 3 is 2.53 bits per heavy atom. The lowest BCUT2D eigenvalue weighted by molar-refractivity contribution is -0.00557. The van der Waals surface area contributed by atoms with Gasteiger partial charge in [0.15, 0.2) is 0 Å². The van der Waals surface area contributed by atoms with E-state index in [1.165, 1.54) is 11.1 Å².